The van der Waals surface area contributed by atoms with Gasteiger partial charge in [-0.05, 0) is 55.2 Å². The van der Waals surface area contributed by atoms with Gasteiger partial charge in [0.2, 0.25) is 5.91 Å². The number of aromatic nitrogens is 2. The maximum Gasteiger partial charge on any atom is 0.222 e. The molecule has 1 aromatic heterocycles. The molecule has 0 saturated carbocycles. The number of halogens is 2. The number of likely N-dealkylation sites (tertiary alicyclic amines) is 1. The van der Waals surface area contributed by atoms with E-state index in [1.165, 1.54) is 12.1 Å². The summed E-state index contributed by atoms with van der Waals surface area (Å²) in [5, 5.41) is 4.12. The second kappa shape index (κ2) is 8.43. The minimum Gasteiger partial charge on any atom is -0.342 e. The van der Waals surface area contributed by atoms with Gasteiger partial charge in [0, 0.05) is 38.8 Å². The molecule has 1 fully saturated rings. The van der Waals surface area contributed by atoms with Crippen molar-refractivity contribution in [3.8, 4) is 0 Å². The molecule has 0 aliphatic carbocycles. The van der Waals surface area contributed by atoms with Crippen molar-refractivity contribution >= 4 is 5.91 Å². The van der Waals surface area contributed by atoms with Crippen LogP contribution in [-0.2, 0) is 24.7 Å². The number of nitrogens with zero attached hydrogens (tertiary/aromatic N) is 3. The third-order valence-electron chi connectivity index (χ3n) is 5.09. The Labute approximate surface area is 152 Å². The van der Waals surface area contributed by atoms with Crippen molar-refractivity contribution in [1.82, 2.24) is 14.7 Å². The lowest BCUT2D eigenvalue weighted by Crippen LogP contribution is -2.40. The SMILES string of the molecule is Cn1cc(CCC(=O)N2CCCC(CCc3ccc(F)cc3F)C2)cn1. The van der Waals surface area contributed by atoms with Gasteiger partial charge in [0.25, 0.3) is 0 Å². The zero-order valence-corrected chi connectivity index (χ0v) is 15.1. The number of carbonyl (C=O) groups is 1. The quantitative estimate of drug-likeness (QED) is 0.790. The largest absolute Gasteiger partial charge is 0.342 e. The monoisotopic (exact) mass is 361 g/mol. The standard InChI is InChI=1S/C20H25F2N3O/c1-24-13-16(12-23-24)5-9-20(26)25-10-2-3-15(14-25)4-6-17-7-8-18(21)11-19(17)22/h7-8,11-13,15H,2-6,9-10,14H2,1H3. The molecule has 1 aliphatic rings. The van der Waals surface area contributed by atoms with Crippen LogP contribution in [0.1, 0.15) is 36.8 Å². The number of hydrogen-bond acceptors (Lipinski definition) is 2. The maximum absolute atomic E-state index is 13.8. The molecule has 2 aromatic rings. The van der Waals surface area contributed by atoms with Gasteiger partial charge in [0.05, 0.1) is 6.20 Å². The predicted octanol–water partition coefficient (Wildman–Crippen LogP) is 3.50. The summed E-state index contributed by atoms with van der Waals surface area (Å²) < 4.78 is 28.5. The average Bonchev–Trinajstić information content (AvgIpc) is 3.04. The molecule has 0 bridgehead atoms. The number of hydrogen-bond donors (Lipinski definition) is 0. The van der Waals surface area contributed by atoms with Gasteiger partial charge < -0.3 is 4.90 Å². The second-order valence-electron chi connectivity index (χ2n) is 7.14. The number of rotatable bonds is 6. The first-order valence-corrected chi connectivity index (χ1v) is 9.20. The summed E-state index contributed by atoms with van der Waals surface area (Å²) in [7, 11) is 1.87. The van der Waals surface area contributed by atoms with Crippen LogP contribution in [0.3, 0.4) is 0 Å². The van der Waals surface area contributed by atoms with Crippen LogP contribution in [-0.4, -0.2) is 33.7 Å². The first-order valence-electron chi connectivity index (χ1n) is 9.20. The molecule has 1 aliphatic heterocycles. The lowest BCUT2D eigenvalue weighted by molar-refractivity contribution is -0.133. The number of amides is 1. The molecule has 4 nitrogen and oxygen atoms in total. The minimum atomic E-state index is -0.547. The fourth-order valence-electron chi connectivity index (χ4n) is 3.62. The van der Waals surface area contributed by atoms with E-state index >= 15 is 0 Å². The molecule has 1 atom stereocenters. The normalized spacial score (nSPS) is 17.5. The Morgan fingerprint density at radius 3 is 2.88 bits per heavy atom. The van der Waals surface area contributed by atoms with E-state index in [2.05, 4.69) is 5.10 Å². The van der Waals surface area contributed by atoms with Crippen LogP contribution in [0.4, 0.5) is 8.78 Å². The highest BCUT2D eigenvalue weighted by Gasteiger charge is 2.23. The van der Waals surface area contributed by atoms with Crippen LogP contribution in [0.2, 0.25) is 0 Å². The summed E-state index contributed by atoms with van der Waals surface area (Å²) in [6.07, 6.45) is 8.35. The van der Waals surface area contributed by atoms with Crippen LogP contribution in [0, 0.1) is 17.6 Å². The summed E-state index contributed by atoms with van der Waals surface area (Å²) in [6.45, 7) is 1.53. The van der Waals surface area contributed by atoms with Gasteiger partial charge in [-0.3, -0.25) is 9.48 Å². The van der Waals surface area contributed by atoms with Crippen molar-refractivity contribution in [3.05, 3.63) is 53.4 Å². The minimum absolute atomic E-state index is 0.173. The Hall–Kier alpha value is -2.24. The highest BCUT2D eigenvalue weighted by molar-refractivity contribution is 5.76. The third kappa shape index (κ3) is 4.90. The third-order valence-corrected chi connectivity index (χ3v) is 5.09. The van der Waals surface area contributed by atoms with Crippen LogP contribution in [0.25, 0.3) is 0 Å². The number of piperidine rings is 1. The van der Waals surface area contributed by atoms with Crippen molar-refractivity contribution in [1.29, 1.82) is 0 Å². The lowest BCUT2D eigenvalue weighted by Gasteiger charge is -2.33. The summed E-state index contributed by atoms with van der Waals surface area (Å²) in [4.78, 5) is 14.4. The molecular formula is C20H25F2N3O. The van der Waals surface area contributed by atoms with Crippen LogP contribution in [0.5, 0.6) is 0 Å². The molecule has 3 rings (SSSR count). The zero-order valence-electron chi connectivity index (χ0n) is 15.1. The van der Waals surface area contributed by atoms with Crippen LogP contribution in [0.15, 0.2) is 30.6 Å². The molecule has 1 unspecified atom stereocenters. The van der Waals surface area contributed by atoms with Gasteiger partial charge in [-0.2, -0.15) is 5.10 Å². The first kappa shape index (κ1) is 18.5. The Morgan fingerprint density at radius 2 is 2.15 bits per heavy atom. The molecule has 0 spiro atoms. The molecule has 140 valence electrons. The highest BCUT2D eigenvalue weighted by atomic mass is 19.1. The molecule has 1 aromatic carbocycles. The molecule has 6 heteroatoms. The smallest absolute Gasteiger partial charge is 0.222 e. The van der Waals surface area contributed by atoms with Crippen molar-refractivity contribution in [2.24, 2.45) is 13.0 Å². The van der Waals surface area contributed by atoms with E-state index < -0.39 is 11.6 Å². The van der Waals surface area contributed by atoms with E-state index in [0.29, 0.717) is 30.7 Å². The zero-order chi connectivity index (χ0) is 18.5. The van der Waals surface area contributed by atoms with Gasteiger partial charge >= 0.3 is 0 Å². The van der Waals surface area contributed by atoms with E-state index in [1.807, 2.05) is 18.1 Å². The molecule has 26 heavy (non-hydrogen) atoms. The van der Waals surface area contributed by atoms with E-state index in [9.17, 15) is 13.6 Å². The van der Waals surface area contributed by atoms with Crippen molar-refractivity contribution < 1.29 is 13.6 Å². The Kier molecular flexibility index (Phi) is 6.01. The summed E-state index contributed by atoms with van der Waals surface area (Å²) in [5.41, 5.74) is 1.62. The van der Waals surface area contributed by atoms with Crippen LogP contribution < -0.4 is 0 Å². The van der Waals surface area contributed by atoms with E-state index in [1.54, 1.807) is 10.9 Å². The maximum atomic E-state index is 13.8. The van der Waals surface area contributed by atoms with E-state index in [-0.39, 0.29) is 5.91 Å². The fourth-order valence-corrected chi connectivity index (χ4v) is 3.62. The van der Waals surface area contributed by atoms with Crippen molar-refractivity contribution in [2.75, 3.05) is 13.1 Å². The van der Waals surface area contributed by atoms with Gasteiger partial charge in [0.1, 0.15) is 11.6 Å². The fraction of sp³-hybridized carbons (Fsp3) is 0.500. The Balaban J connectivity index is 1.47. The molecule has 2 heterocycles. The molecule has 1 saturated heterocycles. The average molecular weight is 361 g/mol. The Morgan fingerprint density at radius 1 is 1.31 bits per heavy atom. The molecule has 1 amide bonds. The molecule has 0 N–H and O–H groups in total. The van der Waals surface area contributed by atoms with Gasteiger partial charge in [-0.1, -0.05) is 6.07 Å². The highest BCUT2D eigenvalue weighted by Crippen LogP contribution is 2.23. The molecule has 0 radical (unpaired) electrons. The number of benzene rings is 1. The summed E-state index contributed by atoms with van der Waals surface area (Å²) >= 11 is 0. The van der Waals surface area contributed by atoms with E-state index in [0.717, 1.165) is 44.0 Å². The Bertz CT molecular complexity index is 759. The van der Waals surface area contributed by atoms with Crippen molar-refractivity contribution in [3.63, 3.8) is 0 Å². The number of carbonyl (C=O) groups excluding carboxylic acids is 1. The first-order chi connectivity index (χ1) is 12.5. The lowest BCUT2D eigenvalue weighted by atomic mass is 9.91. The van der Waals surface area contributed by atoms with E-state index in [4.69, 9.17) is 0 Å². The van der Waals surface area contributed by atoms with Crippen LogP contribution >= 0.6 is 0 Å². The number of aryl methyl sites for hydroxylation is 3. The van der Waals surface area contributed by atoms with Gasteiger partial charge in [-0.15, -0.1) is 0 Å². The molecular weight excluding hydrogens is 336 g/mol. The van der Waals surface area contributed by atoms with Gasteiger partial charge in [-0.25, -0.2) is 8.78 Å². The second-order valence-corrected chi connectivity index (χ2v) is 7.14. The van der Waals surface area contributed by atoms with Crippen molar-refractivity contribution in [2.45, 2.75) is 38.5 Å². The van der Waals surface area contributed by atoms with Gasteiger partial charge in [0.15, 0.2) is 0 Å². The summed E-state index contributed by atoms with van der Waals surface area (Å²) in [5.74, 6) is -0.485. The predicted molar refractivity (Wildman–Crippen MR) is 95.5 cm³/mol. The topological polar surface area (TPSA) is 38.1 Å². The summed E-state index contributed by atoms with van der Waals surface area (Å²) in [6, 6.07) is 3.75.